The number of methoxy groups -OCH3 is 1. The van der Waals surface area contributed by atoms with Crippen molar-refractivity contribution in [2.75, 3.05) is 13.7 Å². The van der Waals surface area contributed by atoms with Crippen LogP contribution < -0.4 is 9.47 Å². The van der Waals surface area contributed by atoms with Crippen LogP contribution in [-0.2, 0) is 11.2 Å². The van der Waals surface area contributed by atoms with Gasteiger partial charge in [-0.1, -0.05) is 12.1 Å². The number of ether oxygens (including phenoxy) is 3. The minimum Gasteiger partial charge on any atom is -0.497 e. The summed E-state index contributed by atoms with van der Waals surface area (Å²) in [6.07, 6.45) is -3.52. The smallest absolute Gasteiger partial charge is 0.238 e. The molecule has 0 amide bonds. The van der Waals surface area contributed by atoms with E-state index in [4.69, 9.17) is 14.2 Å². The maximum Gasteiger partial charge on any atom is 0.238 e. The Bertz CT molecular complexity index is 741. The first-order valence-electron chi connectivity index (χ1n) is 8.43. The summed E-state index contributed by atoms with van der Waals surface area (Å²) in [5.74, 6) is 0.855. The summed E-state index contributed by atoms with van der Waals surface area (Å²) in [6, 6.07) is 7.41. The number of nitrogens with zero attached hydrogens (tertiary/aromatic N) is 2. The van der Waals surface area contributed by atoms with E-state index in [0.29, 0.717) is 12.1 Å². The summed E-state index contributed by atoms with van der Waals surface area (Å²) in [7, 11) is 1.59. The molecule has 1 aliphatic rings. The molecule has 27 heavy (non-hydrogen) atoms. The van der Waals surface area contributed by atoms with Crippen LogP contribution in [0.3, 0.4) is 0 Å². The molecule has 0 saturated carbocycles. The monoisotopic (exact) mass is 378 g/mol. The lowest BCUT2D eigenvalue weighted by molar-refractivity contribution is -0.278. The molecule has 1 aromatic carbocycles. The molecule has 0 aliphatic carbocycles. The Hall–Kier alpha value is -2.30. The number of benzene rings is 1. The molecule has 0 spiro atoms. The van der Waals surface area contributed by atoms with Crippen molar-refractivity contribution in [3.05, 3.63) is 47.9 Å². The average molecular weight is 378 g/mol. The minimum atomic E-state index is -1.53. The van der Waals surface area contributed by atoms with Crippen LogP contribution in [0.1, 0.15) is 11.3 Å². The lowest BCUT2D eigenvalue weighted by Crippen LogP contribution is -2.60. The van der Waals surface area contributed by atoms with Gasteiger partial charge in [-0.05, 0) is 17.7 Å². The number of hydrogen-bond donors (Lipinski definition) is 4. The Morgan fingerprint density at radius 2 is 1.70 bits per heavy atom. The standard InChI is InChI=1S/C18H22N2O7/c1-25-11-4-2-10(3-5-11)8-12-17(20-7-6-19-12)27-18-16(24)15(23)14(22)13(9-21)26-18/h2-7,13-16,18,21-24H,8-9H2,1H3/t13-,14-,15+,16-,18+/m1/s1. The van der Waals surface area contributed by atoms with Crippen LogP contribution in [-0.4, -0.2) is 74.8 Å². The molecule has 0 radical (unpaired) electrons. The quantitative estimate of drug-likeness (QED) is 0.512. The van der Waals surface area contributed by atoms with Gasteiger partial charge in [0, 0.05) is 18.8 Å². The van der Waals surface area contributed by atoms with E-state index in [1.807, 2.05) is 24.3 Å². The Morgan fingerprint density at radius 3 is 2.37 bits per heavy atom. The molecule has 5 atom stereocenters. The van der Waals surface area contributed by atoms with Crippen molar-refractivity contribution in [1.82, 2.24) is 9.97 Å². The van der Waals surface area contributed by atoms with Gasteiger partial charge in [0.2, 0.25) is 12.2 Å². The van der Waals surface area contributed by atoms with E-state index in [-0.39, 0.29) is 5.88 Å². The molecule has 1 saturated heterocycles. The van der Waals surface area contributed by atoms with Crippen molar-refractivity contribution < 1.29 is 34.6 Å². The Labute approximate surface area is 155 Å². The van der Waals surface area contributed by atoms with Gasteiger partial charge in [0.15, 0.2) is 0 Å². The molecule has 0 unspecified atom stereocenters. The molecular weight excluding hydrogens is 356 g/mol. The van der Waals surface area contributed by atoms with E-state index < -0.39 is 37.3 Å². The molecule has 9 heteroatoms. The van der Waals surface area contributed by atoms with Crippen molar-refractivity contribution in [2.24, 2.45) is 0 Å². The van der Waals surface area contributed by atoms with Gasteiger partial charge >= 0.3 is 0 Å². The molecule has 1 aromatic heterocycles. The van der Waals surface area contributed by atoms with Crippen molar-refractivity contribution >= 4 is 0 Å². The lowest BCUT2D eigenvalue weighted by Gasteiger charge is -2.39. The first-order chi connectivity index (χ1) is 13.0. The van der Waals surface area contributed by atoms with Crippen molar-refractivity contribution in [2.45, 2.75) is 37.1 Å². The summed E-state index contributed by atoms with van der Waals surface area (Å²) < 4.78 is 16.1. The zero-order valence-corrected chi connectivity index (χ0v) is 14.7. The molecule has 3 rings (SSSR count). The Morgan fingerprint density at radius 1 is 1.00 bits per heavy atom. The number of aliphatic hydroxyl groups excluding tert-OH is 4. The summed E-state index contributed by atoms with van der Waals surface area (Å²) in [6.45, 7) is -0.538. The van der Waals surface area contributed by atoms with Gasteiger partial charge in [-0.25, -0.2) is 4.98 Å². The zero-order valence-electron chi connectivity index (χ0n) is 14.7. The van der Waals surface area contributed by atoms with Crippen molar-refractivity contribution in [3.63, 3.8) is 0 Å². The molecule has 1 aliphatic heterocycles. The Kier molecular flexibility index (Phi) is 6.19. The predicted octanol–water partition coefficient (Wildman–Crippen LogP) is -0.745. The molecule has 4 N–H and O–H groups in total. The number of aliphatic hydroxyl groups is 4. The summed E-state index contributed by atoms with van der Waals surface area (Å²) >= 11 is 0. The number of hydrogen-bond acceptors (Lipinski definition) is 9. The van der Waals surface area contributed by atoms with E-state index in [9.17, 15) is 20.4 Å². The highest BCUT2D eigenvalue weighted by molar-refractivity contribution is 5.32. The SMILES string of the molecule is COc1ccc(Cc2nccnc2O[C@@H]2O[C@H](CO)[C@@H](O)[C@H](O)[C@H]2O)cc1. The molecule has 9 nitrogen and oxygen atoms in total. The fraction of sp³-hybridized carbons (Fsp3) is 0.444. The molecular formula is C18H22N2O7. The van der Waals surface area contributed by atoms with E-state index in [0.717, 1.165) is 11.3 Å². The van der Waals surface area contributed by atoms with Gasteiger partial charge in [0.1, 0.15) is 35.9 Å². The molecule has 146 valence electrons. The maximum atomic E-state index is 10.1. The molecule has 0 bridgehead atoms. The Balaban J connectivity index is 1.77. The first-order valence-corrected chi connectivity index (χ1v) is 8.43. The van der Waals surface area contributed by atoms with Crippen molar-refractivity contribution in [3.8, 4) is 11.6 Å². The number of rotatable bonds is 6. The second-order valence-corrected chi connectivity index (χ2v) is 6.15. The summed E-state index contributed by atoms with van der Waals surface area (Å²) in [5.41, 5.74) is 1.44. The topological polar surface area (TPSA) is 134 Å². The van der Waals surface area contributed by atoms with Crippen LogP contribution in [0.4, 0.5) is 0 Å². The van der Waals surface area contributed by atoms with Gasteiger partial charge in [-0.3, -0.25) is 4.98 Å². The second kappa shape index (κ2) is 8.59. The third-order valence-electron chi connectivity index (χ3n) is 4.34. The highest BCUT2D eigenvalue weighted by atomic mass is 16.7. The maximum absolute atomic E-state index is 10.1. The van der Waals surface area contributed by atoms with Crippen LogP contribution in [0.25, 0.3) is 0 Å². The van der Waals surface area contributed by atoms with Crippen LogP contribution in [0, 0.1) is 0 Å². The second-order valence-electron chi connectivity index (χ2n) is 6.15. The van der Waals surface area contributed by atoms with Crippen molar-refractivity contribution in [1.29, 1.82) is 0 Å². The zero-order chi connectivity index (χ0) is 19.4. The van der Waals surface area contributed by atoms with E-state index >= 15 is 0 Å². The van der Waals surface area contributed by atoms with E-state index in [2.05, 4.69) is 9.97 Å². The minimum absolute atomic E-state index is 0.123. The average Bonchev–Trinajstić information content (AvgIpc) is 2.70. The first kappa shape index (κ1) is 19.5. The molecule has 2 aromatic rings. The summed E-state index contributed by atoms with van der Waals surface area (Å²) in [5, 5.41) is 39.1. The van der Waals surface area contributed by atoms with Gasteiger partial charge in [0.25, 0.3) is 0 Å². The molecule has 2 heterocycles. The van der Waals surface area contributed by atoms with Gasteiger partial charge < -0.3 is 34.6 Å². The number of aromatic nitrogens is 2. The normalized spacial score (nSPS) is 28.0. The van der Waals surface area contributed by atoms with Gasteiger partial charge in [0.05, 0.1) is 13.7 Å². The van der Waals surface area contributed by atoms with Crippen LogP contribution >= 0.6 is 0 Å². The van der Waals surface area contributed by atoms with E-state index in [1.165, 1.54) is 12.4 Å². The molecule has 1 fully saturated rings. The lowest BCUT2D eigenvalue weighted by atomic mass is 9.99. The fourth-order valence-electron chi connectivity index (χ4n) is 2.79. The van der Waals surface area contributed by atoms with Crippen LogP contribution in [0.2, 0.25) is 0 Å². The highest BCUT2D eigenvalue weighted by Gasteiger charge is 2.45. The van der Waals surface area contributed by atoms with E-state index in [1.54, 1.807) is 7.11 Å². The largest absolute Gasteiger partial charge is 0.497 e. The fourth-order valence-corrected chi connectivity index (χ4v) is 2.79. The predicted molar refractivity (Wildman–Crippen MR) is 92.2 cm³/mol. The van der Waals surface area contributed by atoms with Gasteiger partial charge in [-0.2, -0.15) is 0 Å². The van der Waals surface area contributed by atoms with Gasteiger partial charge in [-0.15, -0.1) is 0 Å². The third-order valence-corrected chi connectivity index (χ3v) is 4.34. The van der Waals surface area contributed by atoms with Crippen LogP contribution in [0.15, 0.2) is 36.7 Å². The highest BCUT2D eigenvalue weighted by Crippen LogP contribution is 2.25. The third kappa shape index (κ3) is 4.34. The van der Waals surface area contributed by atoms with Crippen LogP contribution in [0.5, 0.6) is 11.6 Å². The summed E-state index contributed by atoms with van der Waals surface area (Å²) in [4.78, 5) is 8.39.